The van der Waals surface area contributed by atoms with E-state index in [4.69, 9.17) is 4.84 Å². The normalized spacial score (nSPS) is 21.2. The third-order valence-corrected chi connectivity index (χ3v) is 5.81. The summed E-state index contributed by atoms with van der Waals surface area (Å²) in [6, 6.07) is 4.07. The van der Waals surface area contributed by atoms with Gasteiger partial charge < -0.3 is 15.1 Å². The van der Waals surface area contributed by atoms with Crippen LogP contribution in [-0.4, -0.2) is 48.7 Å². The van der Waals surface area contributed by atoms with Gasteiger partial charge in [-0.2, -0.15) is 0 Å². The molecule has 1 aromatic carbocycles. The number of likely N-dealkylation sites (tertiary alicyclic amines) is 1. The molecule has 1 N–H and O–H groups in total. The number of allylic oxidation sites excluding steroid dienone is 3. The Kier molecular flexibility index (Phi) is 9.08. The fraction of sp³-hybridized carbons (Fsp3) is 0.500. The van der Waals surface area contributed by atoms with Gasteiger partial charge in [-0.25, -0.2) is 0 Å². The minimum atomic E-state index is -0.0625. The highest BCUT2D eigenvalue weighted by Crippen LogP contribution is 2.19. The van der Waals surface area contributed by atoms with Crippen molar-refractivity contribution in [1.29, 1.82) is 0 Å². The van der Waals surface area contributed by atoms with E-state index in [-0.39, 0.29) is 18.4 Å². The number of amides is 2. The summed E-state index contributed by atoms with van der Waals surface area (Å²) in [5, 5.41) is 7.34. The SMILES string of the molecule is Cc1cc(C)c2c(c1)CC(=N\OCC(=O)N1CCCCC1)/C=C/CC/C=C/CCNC2=O. The Labute approximate surface area is 191 Å². The predicted molar refractivity (Wildman–Crippen MR) is 128 cm³/mol. The second-order valence-corrected chi connectivity index (χ2v) is 8.59. The molecule has 2 aliphatic heterocycles. The third-order valence-electron chi connectivity index (χ3n) is 5.81. The van der Waals surface area contributed by atoms with Gasteiger partial charge in [-0.15, -0.1) is 0 Å². The molecule has 0 aliphatic carbocycles. The van der Waals surface area contributed by atoms with E-state index in [1.54, 1.807) is 0 Å². The molecule has 1 aromatic rings. The van der Waals surface area contributed by atoms with Crippen molar-refractivity contribution >= 4 is 17.5 Å². The maximum Gasteiger partial charge on any atom is 0.263 e. The zero-order valence-electron chi connectivity index (χ0n) is 19.4. The number of carbonyl (C=O) groups is 2. The van der Waals surface area contributed by atoms with Gasteiger partial charge in [0.05, 0.1) is 5.71 Å². The molecule has 1 saturated heterocycles. The molecule has 0 atom stereocenters. The number of hydrogen-bond donors (Lipinski definition) is 1. The van der Waals surface area contributed by atoms with Gasteiger partial charge in [0.25, 0.3) is 11.8 Å². The van der Waals surface area contributed by atoms with Crippen LogP contribution in [0.2, 0.25) is 0 Å². The van der Waals surface area contributed by atoms with Crippen molar-refractivity contribution in [3.05, 3.63) is 58.7 Å². The number of piperidine rings is 1. The first-order valence-corrected chi connectivity index (χ1v) is 11.7. The lowest BCUT2D eigenvalue weighted by Crippen LogP contribution is -2.37. The van der Waals surface area contributed by atoms with Gasteiger partial charge in [0, 0.05) is 31.6 Å². The molecule has 2 amide bonds. The van der Waals surface area contributed by atoms with Gasteiger partial charge in [0.15, 0.2) is 6.61 Å². The number of benzene rings is 1. The fourth-order valence-corrected chi connectivity index (χ4v) is 4.25. The van der Waals surface area contributed by atoms with Crippen molar-refractivity contribution in [2.75, 3.05) is 26.2 Å². The summed E-state index contributed by atoms with van der Waals surface area (Å²) >= 11 is 0. The number of carbonyl (C=O) groups excluding carboxylic acids is 2. The summed E-state index contributed by atoms with van der Waals surface area (Å²) in [5.41, 5.74) is 4.37. The standard InChI is InChI=1S/C26H35N3O3/c1-20-16-21(2)25-22(17-20)18-23(12-8-5-3-4-6-9-13-27-26(25)31)28-32-19-24(30)29-14-10-7-11-15-29/h4,6,8,12,16-17H,3,5,7,9-11,13-15,18-19H2,1-2H3,(H,27,31)/b6-4+,12-8+,28-23-. The summed E-state index contributed by atoms with van der Waals surface area (Å²) in [4.78, 5) is 32.7. The van der Waals surface area contributed by atoms with Crippen LogP contribution in [0.1, 0.15) is 65.6 Å². The van der Waals surface area contributed by atoms with Crippen molar-refractivity contribution in [3.63, 3.8) is 0 Å². The van der Waals surface area contributed by atoms with Crippen LogP contribution in [0.15, 0.2) is 41.6 Å². The number of nitrogens with zero attached hydrogens (tertiary/aromatic N) is 2. The monoisotopic (exact) mass is 437 g/mol. The van der Waals surface area contributed by atoms with Gasteiger partial charge in [0.2, 0.25) is 0 Å². The van der Waals surface area contributed by atoms with E-state index in [9.17, 15) is 9.59 Å². The lowest BCUT2D eigenvalue weighted by Gasteiger charge is -2.26. The molecule has 172 valence electrons. The van der Waals surface area contributed by atoms with Crippen LogP contribution >= 0.6 is 0 Å². The predicted octanol–water partition coefficient (Wildman–Crippen LogP) is 4.26. The molecule has 2 heterocycles. The molecule has 0 unspecified atom stereocenters. The maximum atomic E-state index is 12.9. The lowest BCUT2D eigenvalue weighted by atomic mass is 9.94. The average Bonchev–Trinajstić information content (AvgIpc) is 2.77. The van der Waals surface area contributed by atoms with Crippen LogP contribution in [0.4, 0.5) is 0 Å². The van der Waals surface area contributed by atoms with Crippen LogP contribution in [-0.2, 0) is 16.1 Å². The van der Waals surface area contributed by atoms with Gasteiger partial charge in [-0.1, -0.05) is 41.1 Å². The van der Waals surface area contributed by atoms with Crippen molar-refractivity contribution in [1.82, 2.24) is 10.2 Å². The van der Waals surface area contributed by atoms with E-state index < -0.39 is 0 Å². The Morgan fingerprint density at radius 3 is 2.62 bits per heavy atom. The van der Waals surface area contributed by atoms with E-state index in [1.807, 2.05) is 37.0 Å². The topological polar surface area (TPSA) is 71.0 Å². The molecule has 0 spiro atoms. The third kappa shape index (κ3) is 7.08. The summed E-state index contributed by atoms with van der Waals surface area (Å²) < 4.78 is 0. The molecule has 0 bridgehead atoms. The van der Waals surface area contributed by atoms with E-state index in [1.165, 1.54) is 6.42 Å². The van der Waals surface area contributed by atoms with Crippen molar-refractivity contribution in [2.24, 2.45) is 5.16 Å². The Balaban J connectivity index is 1.80. The van der Waals surface area contributed by atoms with Crippen LogP contribution in [0.5, 0.6) is 0 Å². The number of aryl methyl sites for hydroxylation is 2. The largest absolute Gasteiger partial charge is 0.385 e. The van der Waals surface area contributed by atoms with Crippen molar-refractivity contribution in [2.45, 2.75) is 58.8 Å². The Morgan fingerprint density at radius 1 is 1.06 bits per heavy atom. The van der Waals surface area contributed by atoms with Crippen molar-refractivity contribution < 1.29 is 14.4 Å². The number of fused-ring (bicyclic) bond motifs is 1. The Bertz CT molecular complexity index is 896. The highest BCUT2D eigenvalue weighted by atomic mass is 16.6. The highest BCUT2D eigenvalue weighted by Gasteiger charge is 2.18. The van der Waals surface area contributed by atoms with Gasteiger partial charge in [-0.05, 0) is 69.6 Å². The minimum Gasteiger partial charge on any atom is -0.385 e. The first kappa shape index (κ1) is 23.8. The maximum absolute atomic E-state index is 12.9. The molecule has 0 saturated carbocycles. The Hall–Kier alpha value is -2.89. The van der Waals surface area contributed by atoms with E-state index >= 15 is 0 Å². The van der Waals surface area contributed by atoms with Crippen LogP contribution < -0.4 is 5.32 Å². The van der Waals surface area contributed by atoms with Gasteiger partial charge >= 0.3 is 0 Å². The Morgan fingerprint density at radius 2 is 1.81 bits per heavy atom. The van der Waals surface area contributed by atoms with E-state index in [2.05, 4.69) is 28.7 Å². The molecule has 6 heteroatoms. The van der Waals surface area contributed by atoms with E-state index in [0.29, 0.717) is 24.2 Å². The van der Waals surface area contributed by atoms with Gasteiger partial charge in [0.1, 0.15) is 0 Å². The molecule has 1 fully saturated rings. The summed E-state index contributed by atoms with van der Waals surface area (Å²) in [7, 11) is 0. The number of hydrogen-bond acceptors (Lipinski definition) is 4. The highest BCUT2D eigenvalue weighted by molar-refractivity contribution is 6.01. The smallest absolute Gasteiger partial charge is 0.263 e. The zero-order chi connectivity index (χ0) is 22.8. The first-order valence-electron chi connectivity index (χ1n) is 11.7. The lowest BCUT2D eigenvalue weighted by molar-refractivity contribution is -0.137. The molecule has 0 radical (unpaired) electrons. The quantitative estimate of drug-likeness (QED) is 0.567. The molecule has 6 nitrogen and oxygen atoms in total. The number of oxime groups is 1. The molecule has 3 rings (SSSR count). The summed E-state index contributed by atoms with van der Waals surface area (Å²) in [6.07, 6.45) is 14.7. The number of rotatable bonds is 3. The van der Waals surface area contributed by atoms with Crippen LogP contribution in [0.3, 0.4) is 0 Å². The van der Waals surface area contributed by atoms with Crippen LogP contribution in [0, 0.1) is 13.8 Å². The van der Waals surface area contributed by atoms with E-state index in [0.717, 1.165) is 61.9 Å². The average molecular weight is 438 g/mol. The molecule has 2 aliphatic rings. The molecular formula is C26H35N3O3. The fourth-order valence-electron chi connectivity index (χ4n) is 4.25. The number of nitrogens with one attached hydrogen (secondary N) is 1. The van der Waals surface area contributed by atoms with Crippen LogP contribution in [0.25, 0.3) is 0 Å². The zero-order valence-corrected chi connectivity index (χ0v) is 19.4. The molecular weight excluding hydrogens is 402 g/mol. The second-order valence-electron chi connectivity index (χ2n) is 8.59. The summed E-state index contributed by atoms with van der Waals surface area (Å²) in [5.74, 6) is -0.0805. The second kappa shape index (κ2) is 12.2. The summed E-state index contributed by atoms with van der Waals surface area (Å²) in [6.45, 7) is 6.15. The molecule has 32 heavy (non-hydrogen) atoms. The minimum absolute atomic E-state index is 0.0180. The van der Waals surface area contributed by atoms with Gasteiger partial charge in [-0.3, -0.25) is 9.59 Å². The van der Waals surface area contributed by atoms with Crippen molar-refractivity contribution in [3.8, 4) is 0 Å². The first-order chi connectivity index (χ1) is 15.5. The molecule has 0 aromatic heterocycles.